The summed E-state index contributed by atoms with van der Waals surface area (Å²) in [6.07, 6.45) is 2.97. The van der Waals surface area contributed by atoms with Crippen LogP contribution in [0.3, 0.4) is 0 Å². The van der Waals surface area contributed by atoms with Crippen molar-refractivity contribution < 1.29 is 12.8 Å². The Morgan fingerprint density at radius 3 is 1.80 bits per heavy atom. The summed E-state index contributed by atoms with van der Waals surface area (Å²) in [6.45, 7) is 0. The summed E-state index contributed by atoms with van der Waals surface area (Å²) in [4.78, 5) is 0. The van der Waals surface area contributed by atoms with Gasteiger partial charge in [0.05, 0.1) is 0 Å². The molecule has 102 valence electrons. The third kappa shape index (κ3) is 4.48. The summed E-state index contributed by atoms with van der Waals surface area (Å²) in [6, 6.07) is 14.8. The lowest BCUT2D eigenvalue weighted by molar-refractivity contribution is 0.613. The normalized spacial score (nSPS) is 12.2. The molecule has 2 nitrogen and oxygen atoms in total. The van der Waals surface area contributed by atoms with Crippen molar-refractivity contribution in [3.8, 4) is 0 Å². The summed E-state index contributed by atoms with van der Waals surface area (Å²) < 4.78 is 36.3. The highest BCUT2D eigenvalue weighted by Gasteiger charge is 1.99. The van der Waals surface area contributed by atoms with Crippen LogP contribution in [0.25, 0.3) is 12.2 Å². The zero-order valence-electron chi connectivity index (χ0n) is 10.6. The summed E-state index contributed by atoms with van der Waals surface area (Å²) in [5, 5.41) is 2.24. The van der Waals surface area contributed by atoms with Gasteiger partial charge in [0.25, 0.3) is 0 Å². The second kappa shape index (κ2) is 6.30. The molecule has 0 fully saturated rings. The fourth-order valence-electron chi connectivity index (χ4n) is 1.53. The van der Waals surface area contributed by atoms with Crippen LogP contribution >= 0.6 is 0 Å². The Morgan fingerprint density at radius 1 is 0.750 bits per heavy atom. The average molecular weight is 288 g/mol. The van der Waals surface area contributed by atoms with E-state index in [1.54, 1.807) is 0 Å². The SMILES string of the molecule is O=S(=O)(/C=C\c1ccccc1)/C=C/c1ccc(F)cc1. The molecule has 0 saturated carbocycles. The third-order valence-electron chi connectivity index (χ3n) is 2.57. The zero-order valence-corrected chi connectivity index (χ0v) is 11.4. The Labute approximate surface area is 117 Å². The van der Waals surface area contributed by atoms with E-state index in [9.17, 15) is 12.8 Å². The maximum atomic E-state index is 12.7. The van der Waals surface area contributed by atoms with Gasteiger partial charge in [-0.25, -0.2) is 12.8 Å². The molecule has 0 aliphatic heterocycles. The van der Waals surface area contributed by atoms with Crippen molar-refractivity contribution in [2.45, 2.75) is 0 Å². The summed E-state index contributed by atoms with van der Waals surface area (Å²) in [5.74, 6) is -0.353. The van der Waals surface area contributed by atoms with Gasteiger partial charge in [-0.1, -0.05) is 42.5 Å². The molecule has 0 unspecified atom stereocenters. The molecule has 0 heterocycles. The fourth-order valence-corrected chi connectivity index (χ4v) is 2.31. The quantitative estimate of drug-likeness (QED) is 0.855. The van der Waals surface area contributed by atoms with E-state index >= 15 is 0 Å². The molecule has 0 aromatic heterocycles. The minimum atomic E-state index is -3.44. The van der Waals surface area contributed by atoms with Gasteiger partial charge in [-0.05, 0) is 35.4 Å². The molecular formula is C16H13FO2S. The van der Waals surface area contributed by atoms with E-state index in [1.165, 1.54) is 36.4 Å². The van der Waals surface area contributed by atoms with Gasteiger partial charge in [-0.2, -0.15) is 0 Å². The first-order chi connectivity index (χ1) is 9.55. The Balaban J connectivity index is 2.11. The first-order valence-electron chi connectivity index (χ1n) is 5.97. The molecular weight excluding hydrogens is 275 g/mol. The van der Waals surface area contributed by atoms with Crippen molar-refractivity contribution in [1.82, 2.24) is 0 Å². The van der Waals surface area contributed by atoms with Crippen LogP contribution < -0.4 is 0 Å². The molecule has 0 N–H and O–H groups in total. The van der Waals surface area contributed by atoms with Gasteiger partial charge in [0.2, 0.25) is 0 Å². The van der Waals surface area contributed by atoms with Crippen molar-refractivity contribution in [2.75, 3.05) is 0 Å². The fraction of sp³-hybridized carbons (Fsp3) is 0. The molecule has 0 spiro atoms. The van der Waals surface area contributed by atoms with Crippen LogP contribution in [0.15, 0.2) is 65.4 Å². The van der Waals surface area contributed by atoms with Crippen LogP contribution in [-0.2, 0) is 9.84 Å². The second-order valence-corrected chi connectivity index (χ2v) is 5.88. The van der Waals surface area contributed by atoms with Gasteiger partial charge >= 0.3 is 0 Å². The third-order valence-corrected chi connectivity index (χ3v) is 3.60. The van der Waals surface area contributed by atoms with Crippen LogP contribution in [-0.4, -0.2) is 8.42 Å². The van der Waals surface area contributed by atoms with Gasteiger partial charge in [-0.15, -0.1) is 0 Å². The van der Waals surface area contributed by atoms with Crippen molar-refractivity contribution >= 4 is 22.0 Å². The highest BCUT2D eigenvalue weighted by atomic mass is 32.2. The predicted octanol–water partition coefficient (Wildman–Crippen LogP) is 3.88. The molecule has 4 heteroatoms. The molecule has 0 radical (unpaired) electrons. The highest BCUT2D eigenvalue weighted by Crippen LogP contribution is 2.09. The minimum Gasteiger partial charge on any atom is -0.220 e. The van der Waals surface area contributed by atoms with Crippen LogP contribution in [0, 0.1) is 5.82 Å². The van der Waals surface area contributed by atoms with Crippen molar-refractivity contribution in [3.63, 3.8) is 0 Å². The molecule has 0 saturated heterocycles. The molecule has 20 heavy (non-hydrogen) atoms. The molecule has 2 aromatic rings. The van der Waals surface area contributed by atoms with E-state index in [1.807, 2.05) is 30.3 Å². The highest BCUT2D eigenvalue weighted by molar-refractivity contribution is 7.97. The summed E-state index contributed by atoms with van der Waals surface area (Å²) in [5.41, 5.74) is 1.44. The van der Waals surface area contributed by atoms with Gasteiger partial charge < -0.3 is 0 Å². The van der Waals surface area contributed by atoms with E-state index in [0.717, 1.165) is 16.4 Å². The number of hydrogen-bond acceptors (Lipinski definition) is 2. The first kappa shape index (κ1) is 14.2. The van der Waals surface area contributed by atoms with Crippen molar-refractivity contribution in [3.05, 3.63) is 82.4 Å². The largest absolute Gasteiger partial charge is 0.220 e. The Morgan fingerprint density at radius 2 is 1.25 bits per heavy atom. The van der Waals surface area contributed by atoms with E-state index in [0.29, 0.717) is 5.56 Å². The van der Waals surface area contributed by atoms with Crippen molar-refractivity contribution in [2.24, 2.45) is 0 Å². The lowest BCUT2D eigenvalue weighted by atomic mass is 10.2. The zero-order chi connectivity index (χ0) is 14.4. The first-order valence-corrected chi connectivity index (χ1v) is 7.58. The molecule has 0 aliphatic carbocycles. The molecule has 0 aliphatic rings. The molecule has 0 amide bonds. The predicted molar refractivity (Wildman–Crippen MR) is 79.8 cm³/mol. The molecule has 0 atom stereocenters. The van der Waals surface area contributed by atoms with Crippen LogP contribution in [0.5, 0.6) is 0 Å². The number of rotatable bonds is 4. The summed E-state index contributed by atoms with van der Waals surface area (Å²) in [7, 11) is -3.44. The minimum absolute atomic E-state index is 0.353. The van der Waals surface area contributed by atoms with E-state index in [-0.39, 0.29) is 5.82 Å². The van der Waals surface area contributed by atoms with Crippen LogP contribution in [0.4, 0.5) is 4.39 Å². The smallest absolute Gasteiger partial charge is 0.193 e. The monoisotopic (exact) mass is 288 g/mol. The van der Waals surface area contributed by atoms with Gasteiger partial charge in [-0.3, -0.25) is 0 Å². The van der Waals surface area contributed by atoms with Crippen LogP contribution in [0.2, 0.25) is 0 Å². The topological polar surface area (TPSA) is 34.1 Å². The molecule has 2 aromatic carbocycles. The van der Waals surface area contributed by atoms with Crippen LogP contribution in [0.1, 0.15) is 11.1 Å². The van der Waals surface area contributed by atoms with E-state index in [2.05, 4.69) is 0 Å². The lowest BCUT2D eigenvalue weighted by Gasteiger charge is -1.94. The maximum absolute atomic E-state index is 12.7. The second-order valence-electron chi connectivity index (χ2n) is 4.16. The van der Waals surface area contributed by atoms with Gasteiger partial charge in [0, 0.05) is 10.8 Å². The van der Waals surface area contributed by atoms with E-state index in [4.69, 9.17) is 0 Å². The Bertz CT molecular complexity index is 715. The van der Waals surface area contributed by atoms with E-state index < -0.39 is 9.84 Å². The van der Waals surface area contributed by atoms with Gasteiger partial charge in [0.1, 0.15) is 5.82 Å². The number of halogens is 1. The standard InChI is InChI=1S/C16H13FO2S/c17-16-8-6-15(7-9-16)11-13-20(18,19)12-10-14-4-2-1-3-5-14/h1-13H/b12-10-,13-11+. The number of benzene rings is 2. The lowest BCUT2D eigenvalue weighted by Crippen LogP contribution is -1.88. The number of sulfone groups is 1. The van der Waals surface area contributed by atoms with Crippen molar-refractivity contribution in [1.29, 1.82) is 0 Å². The van der Waals surface area contributed by atoms with Gasteiger partial charge in [0.15, 0.2) is 9.84 Å². The Kier molecular flexibility index (Phi) is 4.48. The summed E-state index contributed by atoms with van der Waals surface area (Å²) >= 11 is 0. The average Bonchev–Trinajstić information content (AvgIpc) is 2.46. The molecule has 2 rings (SSSR count). The number of hydrogen-bond donors (Lipinski definition) is 0. The Hall–Kier alpha value is -2.20. The maximum Gasteiger partial charge on any atom is 0.193 e. The molecule has 0 bridgehead atoms.